The molecule has 174 valence electrons. The van der Waals surface area contributed by atoms with Gasteiger partial charge in [-0.2, -0.15) is 0 Å². The van der Waals surface area contributed by atoms with E-state index in [1.807, 2.05) is 0 Å². The summed E-state index contributed by atoms with van der Waals surface area (Å²) in [7, 11) is 3.10. The van der Waals surface area contributed by atoms with Crippen LogP contribution in [-0.2, 0) is 9.59 Å². The molecule has 0 radical (unpaired) electrons. The first-order chi connectivity index (χ1) is 16.5. The van der Waals surface area contributed by atoms with Gasteiger partial charge in [-0.3, -0.25) is 14.4 Å². The lowest BCUT2D eigenvalue weighted by Gasteiger charge is -2.17. The van der Waals surface area contributed by atoms with Crippen LogP contribution in [-0.4, -0.2) is 38.5 Å². The third-order valence-corrected chi connectivity index (χ3v) is 5.66. The second kappa shape index (κ2) is 10.1. The summed E-state index contributed by atoms with van der Waals surface area (Å²) >= 11 is 0. The number of amides is 3. The van der Waals surface area contributed by atoms with E-state index in [1.165, 1.54) is 7.11 Å². The number of carbonyl (C=O) groups excluding carboxylic acids is 3. The number of para-hydroxylation sites is 3. The Kier molecular flexibility index (Phi) is 6.77. The van der Waals surface area contributed by atoms with Gasteiger partial charge in [-0.15, -0.1) is 0 Å². The van der Waals surface area contributed by atoms with Gasteiger partial charge in [0, 0.05) is 18.7 Å². The van der Waals surface area contributed by atoms with Gasteiger partial charge in [0.1, 0.15) is 11.5 Å². The summed E-state index contributed by atoms with van der Waals surface area (Å²) < 4.78 is 10.4. The van der Waals surface area contributed by atoms with E-state index in [0.29, 0.717) is 34.1 Å². The van der Waals surface area contributed by atoms with Gasteiger partial charge < -0.3 is 25.0 Å². The number of nitrogens with zero attached hydrogens (tertiary/aromatic N) is 1. The number of benzene rings is 3. The van der Waals surface area contributed by atoms with E-state index in [-0.39, 0.29) is 30.7 Å². The first-order valence-corrected chi connectivity index (χ1v) is 10.8. The highest BCUT2D eigenvalue weighted by Crippen LogP contribution is 2.29. The zero-order chi connectivity index (χ0) is 24.1. The molecule has 1 fully saturated rings. The molecule has 3 aromatic carbocycles. The van der Waals surface area contributed by atoms with Crippen LogP contribution in [0.4, 0.5) is 17.1 Å². The van der Waals surface area contributed by atoms with Crippen molar-refractivity contribution in [2.24, 2.45) is 5.92 Å². The van der Waals surface area contributed by atoms with Gasteiger partial charge in [0.2, 0.25) is 11.8 Å². The lowest BCUT2D eigenvalue weighted by molar-refractivity contribution is -0.122. The molecule has 8 nitrogen and oxygen atoms in total. The summed E-state index contributed by atoms with van der Waals surface area (Å²) in [6.45, 7) is 0.257. The smallest absolute Gasteiger partial charge is 0.257 e. The van der Waals surface area contributed by atoms with Crippen molar-refractivity contribution in [3.05, 3.63) is 78.4 Å². The second-order valence-corrected chi connectivity index (χ2v) is 7.79. The minimum Gasteiger partial charge on any atom is -0.497 e. The average Bonchev–Trinajstić information content (AvgIpc) is 3.26. The molecule has 0 bridgehead atoms. The van der Waals surface area contributed by atoms with E-state index in [2.05, 4.69) is 10.6 Å². The number of nitrogens with one attached hydrogen (secondary N) is 2. The van der Waals surface area contributed by atoms with Crippen LogP contribution in [0.2, 0.25) is 0 Å². The summed E-state index contributed by atoms with van der Waals surface area (Å²) in [5.74, 6) is -0.162. The molecule has 1 aliphatic heterocycles. The van der Waals surface area contributed by atoms with Gasteiger partial charge >= 0.3 is 0 Å². The molecule has 2 N–H and O–H groups in total. The molecule has 34 heavy (non-hydrogen) atoms. The predicted molar refractivity (Wildman–Crippen MR) is 129 cm³/mol. The lowest BCUT2D eigenvalue weighted by Crippen LogP contribution is -2.28. The third kappa shape index (κ3) is 4.85. The van der Waals surface area contributed by atoms with Crippen LogP contribution in [0, 0.1) is 5.92 Å². The maximum Gasteiger partial charge on any atom is 0.257 e. The molecule has 1 heterocycles. The van der Waals surface area contributed by atoms with Gasteiger partial charge in [0.25, 0.3) is 5.91 Å². The van der Waals surface area contributed by atoms with Crippen LogP contribution < -0.4 is 25.0 Å². The summed E-state index contributed by atoms with van der Waals surface area (Å²) in [5.41, 5.74) is 1.90. The Labute approximate surface area is 197 Å². The molecular weight excluding hydrogens is 434 g/mol. The van der Waals surface area contributed by atoms with Crippen molar-refractivity contribution in [1.82, 2.24) is 0 Å². The normalized spacial score (nSPS) is 15.1. The highest BCUT2D eigenvalue weighted by molar-refractivity contribution is 6.11. The number of hydrogen-bond acceptors (Lipinski definition) is 5. The second-order valence-electron chi connectivity index (χ2n) is 7.79. The first kappa shape index (κ1) is 22.8. The molecule has 4 rings (SSSR count). The number of carbonyl (C=O) groups is 3. The minimum atomic E-state index is -0.542. The molecular formula is C26H25N3O5. The standard InChI is InChI=1S/C26H25N3O5/c1-33-19-13-11-18(12-14-19)29-16-17(15-24(29)30)25(31)27-21-8-4-3-7-20(21)26(32)28-22-9-5-6-10-23(22)34-2/h3-14,17H,15-16H2,1-2H3,(H,27,31)(H,28,32)/t17-/m1/s1. The largest absolute Gasteiger partial charge is 0.497 e. The van der Waals surface area contributed by atoms with E-state index in [9.17, 15) is 14.4 Å². The Hall–Kier alpha value is -4.33. The van der Waals surface area contributed by atoms with Crippen LogP contribution >= 0.6 is 0 Å². The van der Waals surface area contributed by atoms with Crippen molar-refractivity contribution in [3.63, 3.8) is 0 Å². The average molecular weight is 460 g/mol. The quantitative estimate of drug-likeness (QED) is 0.558. The molecule has 1 saturated heterocycles. The fraction of sp³-hybridized carbons (Fsp3) is 0.192. The Morgan fingerprint density at radius 2 is 1.53 bits per heavy atom. The van der Waals surface area contributed by atoms with Gasteiger partial charge in [0.05, 0.1) is 37.1 Å². The number of anilines is 3. The molecule has 0 aromatic heterocycles. The fourth-order valence-electron chi connectivity index (χ4n) is 3.86. The maximum atomic E-state index is 13.0. The van der Waals surface area contributed by atoms with Crippen LogP contribution in [0.15, 0.2) is 72.8 Å². The van der Waals surface area contributed by atoms with E-state index < -0.39 is 5.92 Å². The SMILES string of the molecule is COc1ccc(N2C[C@H](C(=O)Nc3ccccc3C(=O)Nc3ccccc3OC)CC2=O)cc1. The Morgan fingerprint density at radius 1 is 0.853 bits per heavy atom. The van der Waals surface area contributed by atoms with Crippen molar-refractivity contribution in [2.75, 3.05) is 36.3 Å². The number of ether oxygens (including phenoxy) is 2. The van der Waals surface area contributed by atoms with Crippen LogP contribution in [0.3, 0.4) is 0 Å². The highest BCUT2D eigenvalue weighted by Gasteiger charge is 2.35. The fourth-order valence-corrected chi connectivity index (χ4v) is 3.86. The molecule has 8 heteroatoms. The molecule has 0 unspecified atom stereocenters. The first-order valence-electron chi connectivity index (χ1n) is 10.8. The third-order valence-electron chi connectivity index (χ3n) is 5.66. The van der Waals surface area contributed by atoms with Gasteiger partial charge in [0.15, 0.2) is 0 Å². The maximum absolute atomic E-state index is 13.0. The van der Waals surface area contributed by atoms with Crippen molar-refractivity contribution >= 4 is 34.8 Å². The summed E-state index contributed by atoms with van der Waals surface area (Å²) in [4.78, 5) is 40.1. The molecule has 3 aromatic rings. The number of hydrogen-bond donors (Lipinski definition) is 2. The van der Waals surface area contributed by atoms with Crippen molar-refractivity contribution < 1.29 is 23.9 Å². The molecule has 0 saturated carbocycles. The molecule has 0 spiro atoms. The Balaban J connectivity index is 1.46. The number of rotatable bonds is 7. The van der Waals surface area contributed by atoms with Crippen molar-refractivity contribution in [3.8, 4) is 11.5 Å². The summed E-state index contributed by atoms with van der Waals surface area (Å²) in [6.07, 6.45) is 0.0907. The minimum absolute atomic E-state index is 0.0907. The van der Waals surface area contributed by atoms with Gasteiger partial charge in [-0.25, -0.2) is 0 Å². The highest BCUT2D eigenvalue weighted by atomic mass is 16.5. The Morgan fingerprint density at radius 3 is 2.24 bits per heavy atom. The topological polar surface area (TPSA) is 97.0 Å². The van der Waals surface area contributed by atoms with Gasteiger partial charge in [-0.05, 0) is 48.5 Å². The molecule has 3 amide bonds. The Bertz CT molecular complexity index is 1210. The summed E-state index contributed by atoms with van der Waals surface area (Å²) in [6, 6.07) is 20.9. The van der Waals surface area contributed by atoms with Crippen LogP contribution in [0.1, 0.15) is 16.8 Å². The zero-order valence-electron chi connectivity index (χ0n) is 18.9. The van der Waals surface area contributed by atoms with Crippen molar-refractivity contribution in [2.45, 2.75) is 6.42 Å². The van der Waals surface area contributed by atoms with Crippen LogP contribution in [0.25, 0.3) is 0 Å². The van der Waals surface area contributed by atoms with E-state index in [1.54, 1.807) is 84.8 Å². The summed E-state index contributed by atoms with van der Waals surface area (Å²) in [5, 5.41) is 5.65. The molecule has 1 aliphatic rings. The van der Waals surface area contributed by atoms with Crippen molar-refractivity contribution in [1.29, 1.82) is 0 Å². The molecule has 1 atom stereocenters. The van der Waals surface area contributed by atoms with Gasteiger partial charge in [-0.1, -0.05) is 24.3 Å². The lowest BCUT2D eigenvalue weighted by atomic mass is 10.1. The van der Waals surface area contributed by atoms with Crippen LogP contribution in [0.5, 0.6) is 11.5 Å². The monoisotopic (exact) mass is 459 g/mol. The van der Waals surface area contributed by atoms with E-state index in [0.717, 1.165) is 0 Å². The van der Waals surface area contributed by atoms with E-state index >= 15 is 0 Å². The zero-order valence-corrected chi connectivity index (χ0v) is 18.9. The predicted octanol–water partition coefficient (Wildman–Crippen LogP) is 3.95. The molecule has 0 aliphatic carbocycles. The van der Waals surface area contributed by atoms with E-state index in [4.69, 9.17) is 9.47 Å². The number of methoxy groups -OCH3 is 2.